The lowest BCUT2D eigenvalue weighted by Gasteiger charge is -2.09. The first-order chi connectivity index (χ1) is 11.2. The fraction of sp³-hybridized carbons (Fsp3) is 0.125. The number of nitrogens with one attached hydrogen (secondary N) is 1. The van der Waals surface area contributed by atoms with Crippen molar-refractivity contribution in [2.75, 3.05) is 5.32 Å². The third-order valence-corrected chi connectivity index (χ3v) is 3.96. The third kappa shape index (κ3) is 3.95. The van der Waals surface area contributed by atoms with E-state index in [9.17, 15) is 4.79 Å². The Kier molecular flexibility index (Phi) is 4.68. The number of hydrogen-bond acceptors (Lipinski definition) is 6. The van der Waals surface area contributed by atoms with Crippen molar-refractivity contribution in [2.45, 2.75) is 17.4 Å². The Morgan fingerprint density at radius 3 is 2.61 bits per heavy atom. The van der Waals surface area contributed by atoms with Gasteiger partial charge in [-0.15, -0.1) is 10.2 Å². The van der Waals surface area contributed by atoms with E-state index in [1.807, 2.05) is 30.3 Å². The average molecular weight is 326 g/mol. The van der Waals surface area contributed by atoms with Crippen LogP contribution in [0.3, 0.4) is 0 Å². The Bertz CT molecular complexity index is 777. The van der Waals surface area contributed by atoms with Gasteiger partial charge < -0.3 is 9.73 Å². The molecule has 0 radical (unpaired) electrons. The summed E-state index contributed by atoms with van der Waals surface area (Å²) in [4.78, 5) is 16.1. The molecule has 1 amide bonds. The summed E-state index contributed by atoms with van der Waals surface area (Å²) in [5.74, 6) is 0.287. The van der Waals surface area contributed by atoms with Crippen LogP contribution in [0.25, 0.3) is 11.5 Å². The number of carbonyl (C=O) groups excluding carboxylic acids is 1. The highest BCUT2D eigenvalue weighted by molar-refractivity contribution is 8.00. The number of carbonyl (C=O) groups is 1. The van der Waals surface area contributed by atoms with Crippen molar-refractivity contribution in [1.29, 1.82) is 0 Å². The van der Waals surface area contributed by atoms with Crippen LogP contribution in [-0.2, 0) is 4.79 Å². The van der Waals surface area contributed by atoms with Gasteiger partial charge in [-0.1, -0.05) is 30.0 Å². The first kappa shape index (κ1) is 15.2. The van der Waals surface area contributed by atoms with E-state index >= 15 is 0 Å². The second kappa shape index (κ2) is 7.06. The van der Waals surface area contributed by atoms with Gasteiger partial charge in [0.05, 0.1) is 5.25 Å². The van der Waals surface area contributed by atoms with Gasteiger partial charge in [0, 0.05) is 23.6 Å². The Morgan fingerprint density at radius 1 is 1.13 bits per heavy atom. The summed E-state index contributed by atoms with van der Waals surface area (Å²) >= 11 is 1.22. The van der Waals surface area contributed by atoms with Crippen LogP contribution in [0.5, 0.6) is 0 Å². The van der Waals surface area contributed by atoms with Gasteiger partial charge in [-0.2, -0.15) is 0 Å². The SMILES string of the molecule is C[C@H](Sc1nnc(-c2ccncc2)o1)C(=O)Nc1ccccc1. The topological polar surface area (TPSA) is 80.9 Å². The van der Waals surface area contributed by atoms with Crippen LogP contribution in [0.1, 0.15) is 6.92 Å². The molecule has 0 saturated heterocycles. The molecule has 7 heteroatoms. The minimum Gasteiger partial charge on any atom is -0.411 e. The highest BCUT2D eigenvalue weighted by Crippen LogP contribution is 2.26. The van der Waals surface area contributed by atoms with Crippen molar-refractivity contribution in [3.63, 3.8) is 0 Å². The van der Waals surface area contributed by atoms with Gasteiger partial charge in [-0.25, -0.2) is 0 Å². The molecule has 116 valence electrons. The Morgan fingerprint density at radius 2 is 1.87 bits per heavy atom. The molecule has 1 atom stereocenters. The number of hydrogen-bond donors (Lipinski definition) is 1. The van der Waals surface area contributed by atoms with Gasteiger partial charge >= 0.3 is 0 Å². The molecule has 23 heavy (non-hydrogen) atoms. The maximum absolute atomic E-state index is 12.2. The quantitative estimate of drug-likeness (QED) is 0.725. The fourth-order valence-corrected chi connectivity index (χ4v) is 2.52. The molecule has 6 nitrogen and oxygen atoms in total. The van der Waals surface area contributed by atoms with Crippen molar-refractivity contribution in [1.82, 2.24) is 15.2 Å². The van der Waals surface area contributed by atoms with Crippen LogP contribution in [0.4, 0.5) is 5.69 Å². The van der Waals surface area contributed by atoms with E-state index in [1.54, 1.807) is 31.5 Å². The lowest BCUT2D eigenvalue weighted by molar-refractivity contribution is -0.115. The highest BCUT2D eigenvalue weighted by Gasteiger charge is 2.18. The molecule has 0 aliphatic heterocycles. The summed E-state index contributed by atoms with van der Waals surface area (Å²) < 4.78 is 5.57. The van der Waals surface area contributed by atoms with Gasteiger partial charge in [0.2, 0.25) is 11.8 Å². The standard InChI is InChI=1S/C16H14N4O2S/c1-11(14(21)18-13-5-3-2-4-6-13)23-16-20-19-15(22-16)12-7-9-17-10-8-12/h2-11H,1H3,(H,18,21)/t11-/m0/s1. The van der Waals surface area contributed by atoms with Gasteiger partial charge in [0.15, 0.2) is 0 Å². The predicted octanol–water partition coefficient (Wildman–Crippen LogP) is 3.25. The molecule has 3 rings (SSSR count). The number of amides is 1. The molecule has 3 aromatic rings. The van der Waals surface area contributed by atoms with Crippen LogP contribution >= 0.6 is 11.8 Å². The molecule has 0 bridgehead atoms. The van der Waals surface area contributed by atoms with E-state index in [0.717, 1.165) is 11.3 Å². The van der Waals surface area contributed by atoms with Gasteiger partial charge in [0.1, 0.15) is 0 Å². The number of nitrogens with zero attached hydrogens (tertiary/aromatic N) is 3. The summed E-state index contributed by atoms with van der Waals surface area (Å²) in [6.07, 6.45) is 3.31. The number of anilines is 1. The molecule has 0 aliphatic carbocycles. The van der Waals surface area contributed by atoms with Crippen molar-refractivity contribution >= 4 is 23.4 Å². The first-order valence-corrected chi connectivity index (χ1v) is 7.87. The lowest BCUT2D eigenvalue weighted by atomic mass is 10.3. The normalized spacial score (nSPS) is 11.9. The minimum absolute atomic E-state index is 0.120. The first-order valence-electron chi connectivity index (χ1n) is 6.99. The summed E-state index contributed by atoms with van der Waals surface area (Å²) in [5.41, 5.74) is 1.55. The average Bonchev–Trinajstić information content (AvgIpc) is 3.05. The van der Waals surface area contributed by atoms with Crippen LogP contribution in [-0.4, -0.2) is 26.3 Å². The second-order valence-corrected chi connectivity index (χ2v) is 6.02. The van der Waals surface area contributed by atoms with E-state index in [0.29, 0.717) is 11.1 Å². The minimum atomic E-state index is -0.360. The van der Waals surface area contributed by atoms with Gasteiger partial charge in [0.25, 0.3) is 5.22 Å². The summed E-state index contributed by atoms with van der Waals surface area (Å²) in [5, 5.41) is 10.8. The van der Waals surface area contributed by atoms with Gasteiger partial charge in [-0.3, -0.25) is 9.78 Å². The zero-order chi connectivity index (χ0) is 16.1. The van der Waals surface area contributed by atoms with E-state index in [-0.39, 0.29) is 11.2 Å². The molecule has 0 saturated carbocycles. The molecule has 0 aliphatic rings. The monoisotopic (exact) mass is 326 g/mol. The number of benzene rings is 1. The Hall–Kier alpha value is -2.67. The molecule has 1 aromatic carbocycles. The van der Waals surface area contributed by atoms with E-state index in [4.69, 9.17) is 4.42 Å². The van der Waals surface area contributed by atoms with Crippen LogP contribution in [0.15, 0.2) is 64.5 Å². The zero-order valence-corrected chi connectivity index (χ0v) is 13.2. The zero-order valence-electron chi connectivity index (χ0n) is 12.3. The molecule has 2 aromatic heterocycles. The van der Waals surface area contributed by atoms with E-state index in [1.165, 1.54) is 11.8 Å². The third-order valence-electron chi connectivity index (χ3n) is 3.02. The molecule has 0 unspecified atom stereocenters. The largest absolute Gasteiger partial charge is 0.411 e. The molecular weight excluding hydrogens is 312 g/mol. The molecule has 2 heterocycles. The maximum atomic E-state index is 12.2. The smallest absolute Gasteiger partial charge is 0.277 e. The van der Waals surface area contributed by atoms with Gasteiger partial charge in [-0.05, 0) is 31.2 Å². The Labute approximate surface area is 137 Å². The number of pyridine rings is 1. The fourth-order valence-electron chi connectivity index (χ4n) is 1.84. The summed E-state index contributed by atoms with van der Waals surface area (Å²) in [6, 6.07) is 12.9. The Balaban J connectivity index is 1.63. The molecule has 0 fully saturated rings. The van der Waals surface area contributed by atoms with E-state index < -0.39 is 0 Å². The molecule has 1 N–H and O–H groups in total. The lowest BCUT2D eigenvalue weighted by Crippen LogP contribution is -2.22. The summed E-state index contributed by atoms with van der Waals surface area (Å²) in [6.45, 7) is 1.79. The number of aromatic nitrogens is 3. The summed E-state index contributed by atoms with van der Waals surface area (Å²) in [7, 11) is 0. The number of thioether (sulfide) groups is 1. The van der Waals surface area contributed by atoms with E-state index in [2.05, 4.69) is 20.5 Å². The van der Waals surface area contributed by atoms with Crippen LogP contribution < -0.4 is 5.32 Å². The van der Waals surface area contributed by atoms with Crippen molar-refractivity contribution in [3.05, 3.63) is 54.9 Å². The molecular formula is C16H14N4O2S. The maximum Gasteiger partial charge on any atom is 0.277 e. The number of para-hydroxylation sites is 1. The second-order valence-electron chi connectivity index (χ2n) is 4.72. The number of rotatable bonds is 5. The highest BCUT2D eigenvalue weighted by atomic mass is 32.2. The van der Waals surface area contributed by atoms with Crippen molar-refractivity contribution < 1.29 is 9.21 Å². The molecule has 0 spiro atoms. The van der Waals surface area contributed by atoms with Crippen LogP contribution in [0.2, 0.25) is 0 Å². The van der Waals surface area contributed by atoms with Crippen molar-refractivity contribution in [2.24, 2.45) is 0 Å². The predicted molar refractivity (Wildman–Crippen MR) is 87.9 cm³/mol. The van der Waals surface area contributed by atoms with Crippen LogP contribution in [0, 0.1) is 0 Å². The van der Waals surface area contributed by atoms with Crippen molar-refractivity contribution in [3.8, 4) is 11.5 Å².